The molecule has 0 spiro atoms. The topological polar surface area (TPSA) is 183 Å². The van der Waals surface area contributed by atoms with E-state index >= 15 is 0 Å². The second kappa shape index (κ2) is 18.9. The number of carboxylic acid groups (broad SMARTS) is 4. The third-order valence-corrected chi connectivity index (χ3v) is 7.51. The van der Waals surface area contributed by atoms with Crippen LogP contribution in [-0.2, 0) is 0 Å². The van der Waals surface area contributed by atoms with Crippen LogP contribution in [0.4, 0.5) is 0 Å². The number of halogens is 4. The molecule has 2 aromatic heterocycles. The van der Waals surface area contributed by atoms with Crippen LogP contribution in [0.1, 0.15) is 63.7 Å². The number of pyridine rings is 2. The summed E-state index contributed by atoms with van der Waals surface area (Å²) in [6.07, 6.45) is 15.5. The molecule has 254 valence electrons. The standard InChI is InChI=1S/2C13H9Cl2N.C10H6O8/c2*14-12-4-3-11(13(15)9-12)2-1-10-5-7-16-8-6-10;11-7(12)3-1-4(8(13)14)6(10(17)18)2-5(3)9(15)16/h2*1-9H;1-2H,(H,11,12)(H,13,14)(H,15,16)(H,17,18)/b2*2-1+;. The number of aromatic amines is 2. The largest absolute Gasteiger partial charge is 0.545 e. The Morgan fingerprint density at radius 1 is 0.500 bits per heavy atom. The van der Waals surface area contributed by atoms with Gasteiger partial charge in [0, 0.05) is 55.5 Å². The van der Waals surface area contributed by atoms with Crippen LogP contribution in [0.15, 0.2) is 97.6 Å². The fourth-order valence-corrected chi connectivity index (χ4v) is 4.90. The van der Waals surface area contributed by atoms with Gasteiger partial charge in [0.25, 0.3) is 0 Å². The minimum Gasteiger partial charge on any atom is -0.545 e. The van der Waals surface area contributed by atoms with E-state index in [4.69, 9.17) is 56.6 Å². The predicted octanol–water partition coefficient (Wildman–Crippen LogP) is 5.77. The van der Waals surface area contributed by atoms with Crippen molar-refractivity contribution in [3.8, 4) is 0 Å². The molecule has 0 atom stereocenters. The van der Waals surface area contributed by atoms with Crippen LogP contribution >= 0.6 is 46.4 Å². The molecule has 0 radical (unpaired) electrons. The van der Waals surface area contributed by atoms with Crippen LogP contribution in [0.5, 0.6) is 0 Å². The number of carbonyl (C=O) groups excluding carboxylic acids is 2. The summed E-state index contributed by atoms with van der Waals surface area (Å²) in [6, 6.07) is 19.7. The van der Waals surface area contributed by atoms with E-state index < -0.39 is 46.1 Å². The highest BCUT2D eigenvalue weighted by atomic mass is 35.5. The van der Waals surface area contributed by atoms with Crippen molar-refractivity contribution < 1.29 is 49.6 Å². The van der Waals surface area contributed by atoms with Crippen LogP contribution in [0.2, 0.25) is 20.1 Å². The van der Waals surface area contributed by atoms with Crippen molar-refractivity contribution in [2.75, 3.05) is 0 Å². The molecule has 50 heavy (non-hydrogen) atoms. The molecule has 0 aliphatic carbocycles. The Bertz CT molecular complexity index is 1880. The first-order chi connectivity index (χ1) is 23.8. The van der Waals surface area contributed by atoms with Gasteiger partial charge in [-0.15, -0.1) is 0 Å². The molecule has 0 aliphatic heterocycles. The Morgan fingerprint density at radius 3 is 1.14 bits per heavy atom. The van der Waals surface area contributed by atoms with Gasteiger partial charge in [0.15, 0.2) is 24.8 Å². The van der Waals surface area contributed by atoms with Gasteiger partial charge in [0.2, 0.25) is 0 Å². The van der Waals surface area contributed by atoms with Crippen LogP contribution in [0, 0.1) is 0 Å². The van der Waals surface area contributed by atoms with Crippen molar-refractivity contribution in [3.05, 3.63) is 162 Å². The van der Waals surface area contributed by atoms with Gasteiger partial charge < -0.3 is 30.0 Å². The number of nitrogens with one attached hydrogen (secondary N) is 2. The van der Waals surface area contributed by atoms with Crippen molar-refractivity contribution in [1.29, 1.82) is 0 Å². The van der Waals surface area contributed by atoms with E-state index in [1.807, 2.05) is 97.6 Å². The molecule has 0 bridgehead atoms. The third kappa shape index (κ3) is 11.9. The van der Waals surface area contributed by atoms with Gasteiger partial charge in [0.05, 0.1) is 23.1 Å². The van der Waals surface area contributed by atoms with Crippen molar-refractivity contribution in [1.82, 2.24) is 0 Å². The highest BCUT2D eigenvalue weighted by Gasteiger charge is 2.19. The minimum atomic E-state index is -1.94. The molecule has 0 saturated heterocycles. The zero-order valence-electron chi connectivity index (χ0n) is 25.4. The van der Waals surface area contributed by atoms with Crippen LogP contribution < -0.4 is 20.2 Å². The molecular weight excluding hydrogens is 730 g/mol. The summed E-state index contributed by atoms with van der Waals surface area (Å²) >= 11 is 23.8. The first-order valence-electron chi connectivity index (χ1n) is 14.0. The van der Waals surface area contributed by atoms with E-state index in [-0.39, 0.29) is 0 Å². The van der Waals surface area contributed by atoms with Crippen molar-refractivity contribution in [3.63, 3.8) is 0 Å². The number of aromatic nitrogens is 2. The first-order valence-corrected chi connectivity index (χ1v) is 15.5. The maximum Gasteiger partial charge on any atom is 0.336 e. The summed E-state index contributed by atoms with van der Waals surface area (Å²) in [4.78, 5) is 48.7. The molecule has 2 heterocycles. The lowest BCUT2D eigenvalue weighted by Crippen LogP contribution is -2.29. The normalized spacial score (nSPS) is 10.5. The van der Waals surface area contributed by atoms with Gasteiger partial charge >= 0.3 is 11.9 Å². The number of carbonyl (C=O) groups is 4. The Labute approximate surface area is 305 Å². The number of carboxylic acids is 4. The molecule has 4 N–H and O–H groups in total. The van der Waals surface area contributed by atoms with Gasteiger partial charge in [-0.1, -0.05) is 82.8 Å². The molecule has 5 rings (SSSR count). The Hall–Kier alpha value is -5.52. The highest BCUT2D eigenvalue weighted by molar-refractivity contribution is 6.36. The molecule has 0 amide bonds. The monoisotopic (exact) mass is 752 g/mol. The molecule has 14 heteroatoms. The zero-order chi connectivity index (χ0) is 36.8. The molecule has 5 aromatic rings. The smallest absolute Gasteiger partial charge is 0.336 e. The van der Waals surface area contributed by atoms with E-state index in [2.05, 4.69) is 9.97 Å². The number of H-pyrrole nitrogens is 2. The maximum atomic E-state index is 10.7. The maximum absolute atomic E-state index is 10.7. The quantitative estimate of drug-likeness (QED) is 0.200. The summed E-state index contributed by atoms with van der Waals surface area (Å²) in [5.41, 5.74) is 0.514. The number of hydrogen-bond acceptors (Lipinski definition) is 6. The van der Waals surface area contributed by atoms with Crippen molar-refractivity contribution in [2.45, 2.75) is 0 Å². The first kappa shape index (κ1) is 38.9. The van der Waals surface area contributed by atoms with Gasteiger partial charge in [0.1, 0.15) is 0 Å². The average Bonchev–Trinajstić information content (AvgIpc) is 3.08. The predicted molar refractivity (Wildman–Crippen MR) is 186 cm³/mol. The summed E-state index contributed by atoms with van der Waals surface area (Å²) in [6.45, 7) is 0. The summed E-state index contributed by atoms with van der Waals surface area (Å²) in [7, 11) is 0. The van der Waals surface area contributed by atoms with Gasteiger partial charge in [-0.05, 0) is 58.7 Å². The highest BCUT2D eigenvalue weighted by Crippen LogP contribution is 2.24. The molecule has 0 unspecified atom stereocenters. The number of benzene rings is 3. The van der Waals surface area contributed by atoms with Gasteiger partial charge in [-0.3, -0.25) is 0 Å². The van der Waals surface area contributed by atoms with E-state index in [0.717, 1.165) is 22.3 Å². The molecule has 0 aliphatic rings. The lowest BCUT2D eigenvalue weighted by molar-refractivity contribution is -0.378. The minimum absolute atomic E-state index is 0.386. The average molecular weight is 754 g/mol. The van der Waals surface area contributed by atoms with Crippen LogP contribution in [0.25, 0.3) is 24.3 Å². The van der Waals surface area contributed by atoms with Crippen LogP contribution in [0.3, 0.4) is 0 Å². The lowest BCUT2D eigenvalue weighted by Gasteiger charge is -2.13. The Balaban J connectivity index is 0.000000203. The number of rotatable bonds is 8. The van der Waals surface area contributed by atoms with Gasteiger partial charge in [-0.25, -0.2) is 19.6 Å². The molecule has 10 nitrogen and oxygen atoms in total. The molecule has 0 fully saturated rings. The molecule has 3 aromatic carbocycles. The Kier molecular flexibility index (Phi) is 14.7. The van der Waals surface area contributed by atoms with E-state index in [1.165, 1.54) is 0 Å². The lowest BCUT2D eigenvalue weighted by atomic mass is 9.98. The fourth-order valence-electron chi connectivity index (χ4n) is 3.96. The van der Waals surface area contributed by atoms with E-state index in [9.17, 15) is 29.4 Å². The zero-order valence-corrected chi connectivity index (χ0v) is 28.4. The van der Waals surface area contributed by atoms with E-state index in [0.29, 0.717) is 32.2 Å². The third-order valence-electron chi connectivity index (χ3n) is 6.38. The summed E-state index contributed by atoms with van der Waals surface area (Å²) in [5.74, 6) is -7.32. The molecule has 0 saturated carbocycles. The Morgan fingerprint density at radius 2 is 0.840 bits per heavy atom. The SMILES string of the molecule is Clc1ccc(/C=C/c2cc[nH+]cc2)c(Cl)c1.Clc1ccc(/C=C/c2cc[nH+]cc2)c(Cl)c1.O=C([O-])c1cc(C(=O)[O-])c(C(=O)O)cc1C(=O)O. The second-order valence-electron chi connectivity index (χ2n) is 9.79. The second-order valence-corrected chi connectivity index (χ2v) is 11.5. The van der Waals surface area contributed by atoms with Crippen molar-refractivity contribution >= 4 is 94.6 Å². The fraction of sp³-hybridized carbons (Fsp3) is 0. The van der Waals surface area contributed by atoms with E-state index in [1.54, 1.807) is 12.1 Å². The summed E-state index contributed by atoms with van der Waals surface area (Å²) < 4.78 is 0. The number of aromatic carboxylic acids is 4. The molecular formula is C36H24Cl4N2O8. The summed E-state index contributed by atoms with van der Waals surface area (Å²) in [5, 5.41) is 41.3. The van der Waals surface area contributed by atoms with Crippen LogP contribution in [-0.4, -0.2) is 34.1 Å². The van der Waals surface area contributed by atoms with Crippen molar-refractivity contribution in [2.24, 2.45) is 0 Å². The number of hydrogen-bond donors (Lipinski definition) is 2. The van der Waals surface area contributed by atoms with Gasteiger partial charge in [-0.2, -0.15) is 0 Å².